The topological polar surface area (TPSA) is 46.9 Å². The van der Waals surface area contributed by atoms with Gasteiger partial charge in [0.05, 0.1) is 10.2 Å². The number of carbonyl (C=O) groups excluding carboxylic acids is 1. The van der Waals surface area contributed by atoms with Crippen LogP contribution in [0.2, 0.25) is 0 Å². The van der Waals surface area contributed by atoms with Gasteiger partial charge in [-0.3, -0.25) is 9.48 Å². The predicted molar refractivity (Wildman–Crippen MR) is 93.4 cm³/mol. The Hall–Kier alpha value is -0.980. The zero-order valence-corrected chi connectivity index (χ0v) is 15.9. The Balaban J connectivity index is 1.43. The zero-order chi connectivity index (χ0) is 17.7. The average molecular weight is 416 g/mol. The fraction of sp³-hybridized carbons (Fsp3) is 0.778. The van der Waals surface area contributed by atoms with E-state index in [1.807, 2.05) is 0 Å². The smallest absolute Gasteiger partial charge is 0.283 e. The van der Waals surface area contributed by atoms with Gasteiger partial charge in [0, 0.05) is 12.0 Å². The first-order valence-corrected chi connectivity index (χ1v) is 10.1. The van der Waals surface area contributed by atoms with Gasteiger partial charge >= 0.3 is 0 Å². The van der Waals surface area contributed by atoms with Gasteiger partial charge in [0.25, 0.3) is 6.43 Å². The fourth-order valence-electron chi connectivity index (χ4n) is 4.93. The Labute approximate surface area is 154 Å². The molecular weight excluding hydrogens is 392 g/mol. The van der Waals surface area contributed by atoms with E-state index in [4.69, 9.17) is 0 Å². The molecule has 4 nitrogen and oxygen atoms in total. The third-order valence-corrected chi connectivity index (χ3v) is 7.06. The van der Waals surface area contributed by atoms with E-state index in [0.717, 1.165) is 30.4 Å². The van der Waals surface area contributed by atoms with E-state index >= 15 is 0 Å². The molecule has 1 heterocycles. The number of halogens is 3. The van der Waals surface area contributed by atoms with E-state index in [-0.39, 0.29) is 30.1 Å². The molecule has 0 spiro atoms. The molecule has 0 unspecified atom stereocenters. The Morgan fingerprint density at radius 1 is 1.32 bits per heavy atom. The minimum absolute atomic E-state index is 0.0162. The minimum Gasteiger partial charge on any atom is -0.352 e. The van der Waals surface area contributed by atoms with Gasteiger partial charge in [-0.2, -0.15) is 5.10 Å². The SMILES string of the molecule is C[C@@H](NC(=O)Cn1nc(C(F)F)c(Br)c1C1CC1)[C@@H]1C[C@@H]2CC[C@@H]1C2. The normalized spacial score (nSPS) is 29.4. The number of nitrogens with zero attached hydrogens (tertiary/aromatic N) is 2. The van der Waals surface area contributed by atoms with Crippen LogP contribution >= 0.6 is 15.9 Å². The summed E-state index contributed by atoms with van der Waals surface area (Å²) in [5.41, 5.74) is 0.494. The Morgan fingerprint density at radius 3 is 2.64 bits per heavy atom. The predicted octanol–water partition coefficient (Wildman–Crippen LogP) is 4.40. The molecule has 0 aliphatic heterocycles. The van der Waals surface area contributed by atoms with E-state index in [0.29, 0.717) is 10.4 Å². The van der Waals surface area contributed by atoms with Crippen LogP contribution in [-0.4, -0.2) is 21.7 Å². The molecular formula is C18H24BrF2N3O. The first-order chi connectivity index (χ1) is 11.9. The molecule has 7 heteroatoms. The van der Waals surface area contributed by atoms with Crippen LogP contribution in [0.5, 0.6) is 0 Å². The van der Waals surface area contributed by atoms with Crippen molar-refractivity contribution < 1.29 is 13.6 Å². The summed E-state index contributed by atoms with van der Waals surface area (Å²) in [5, 5.41) is 7.11. The lowest BCUT2D eigenvalue weighted by Gasteiger charge is -2.28. The number of hydrogen-bond donors (Lipinski definition) is 1. The largest absolute Gasteiger partial charge is 0.352 e. The molecule has 1 aromatic heterocycles. The van der Waals surface area contributed by atoms with Crippen molar-refractivity contribution in [2.24, 2.45) is 17.8 Å². The van der Waals surface area contributed by atoms with Crippen LogP contribution in [0.4, 0.5) is 8.78 Å². The van der Waals surface area contributed by atoms with Crippen molar-refractivity contribution in [2.75, 3.05) is 0 Å². The molecule has 3 aliphatic rings. The molecule has 0 radical (unpaired) electrons. The zero-order valence-electron chi connectivity index (χ0n) is 14.4. The number of nitrogens with one attached hydrogen (secondary N) is 1. The summed E-state index contributed by atoms with van der Waals surface area (Å²) >= 11 is 3.26. The molecule has 25 heavy (non-hydrogen) atoms. The molecule has 4 atom stereocenters. The van der Waals surface area contributed by atoms with Crippen LogP contribution in [0.25, 0.3) is 0 Å². The van der Waals surface area contributed by atoms with Crippen LogP contribution in [0.1, 0.15) is 69.2 Å². The van der Waals surface area contributed by atoms with E-state index in [2.05, 4.69) is 33.3 Å². The highest BCUT2D eigenvalue weighted by Crippen LogP contribution is 2.49. The second-order valence-corrected chi connectivity index (χ2v) is 8.80. The molecule has 0 saturated heterocycles. The first kappa shape index (κ1) is 17.4. The van der Waals surface area contributed by atoms with Gasteiger partial charge in [0.2, 0.25) is 5.91 Å². The van der Waals surface area contributed by atoms with Gasteiger partial charge in [-0.25, -0.2) is 8.78 Å². The Kier molecular flexibility index (Phi) is 4.63. The Bertz CT molecular complexity index is 674. The third-order valence-electron chi connectivity index (χ3n) is 6.24. The van der Waals surface area contributed by atoms with Crippen molar-refractivity contribution in [3.8, 4) is 0 Å². The van der Waals surface area contributed by atoms with E-state index in [1.165, 1.54) is 30.4 Å². The van der Waals surface area contributed by atoms with Crippen molar-refractivity contribution in [3.63, 3.8) is 0 Å². The van der Waals surface area contributed by atoms with Gasteiger partial charge in [0.15, 0.2) is 0 Å². The van der Waals surface area contributed by atoms with Gasteiger partial charge in [0.1, 0.15) is 12.2 Å². The van der Waals surface area contributed by atoms with Crippen LogP contribution in [-0.2, 0) is 11.3 Å². The summed E-state index contributed by atoms with van der Waals surface area (Å²) < 4.78 is 28.1. The molecule has 138 valence electrons. The standard InChI is InChI=1S/C18H24BrF2N3O/c1-9(13-7-10-2-3-12(13)6-10)22-14(25)8-24-17(11-4-5-11)15(19)16(23-24)18(20)21/h9-13,18H,2-8H2,1H3,(H,22,25)/t9-,10-,12-,13+/m1/s1. The average Bonchev–Trinajstić information content (AvgIpc) is 3.02. The van der Waals surface area contributed by atoms with Crippen molar-refractivity contribution in [1.82, 2.24) is 15.1 Å². The van der Waals surface area contributed by atoms with Crippen LogP contribution in [0, 0.1) is 17.8 Å². The van der Waals surface area contributed by atoms with Gasteiger partial charge in [-0.15, -0.1) is 0 Å². The first-order valence-electron chi connectivity index (χ1n) is 9.27. The highest BCUT2D eigenvalue weighted by molar-refractivity contribution is 9.10. The number of carbonyl (C=O) groups is 1. The summed E-state index contributed by atoms with van der Waals surface area (Å²) in [6, 6.07) is 0.140. The monoisotopic (exact) mass is 415 g/mol. The molecule has 1 amide bonds. The lowest BCUT2D eigenvalue weighted by molar-refractivity contribution is -0.123. The second kappa shape index (κ2) is 6.63. The Morgan fingerprint density at radius 2 is 2.08 bits per heavy atom. The van der Waals surface area contributed by atoms with Crippen LogP contribution in [0.15, 0.2) is 4.47 Å². The molecule has 3 saturated carbocycles. The summed E-state index contributed by atoms with van der Waals surface area (Å²) in [5.74, 6) is 2.25. The highest BCUT2D eigenvalue weighted by Gasteiger charge is 2.42. The maximum absolute atomic E-state index is 13.1. The number of alkyl halides is 2. The summed E-state index contributed by atoms with van der Waals surface area (Å²) in [7, 11) is 0. The maximum atomic E-state index is 13.1. The lowest BCUT2D eigenvalue weighted by atomic mass is 9.84. The van der Waals surface area contributed by atoms with Crippen molar-refractivity contribution >= 4 is 21.8 Å². The second-order valence-electron chi connectivity index (χ2n) is 8.01. The van der Waals surface area contributed by atoms with E-state index in [9.17, 15) is 13.6 Å². The van der Waals surface area contributed by atoms with Crippen molar-refractivity contribution in [2.45, 2.75) is 70.4 Å². The lowest BCUT2D eigenvalue weighted by Crippen LogP contribution is -2.41. The van der Waals surface area contributed by atoms with Crippen LogP contribution in [0.3, 0.4) is 0 Å². The molecule has 1 N–H and O–H groups in total. The molecule has 3 fully saturated rings. The quantitative estimate of drug-likeness (QED) is 0.747. The highest BCUT2D eigenvalue weighted by atomic mass is 79.9. The number of fused-ring (bicyclic) bond motifs is 2. The molecule has 2 bridgehead atoms. The molecule has 1 aromatic rings. The number of hydrogen-bond acceptors (Lipinski definition) is 2. The number of amides is 1. The van der Waals surface area contributed by atoms with Gasteiger partial charge < -0.3 is 5.32 Å². The summed E-state index contributed by atoms with van der Waals surface area (Å²) in [6.07, 6.45) is 4.44. The van der Waals surface area contributed by atoms with Gasteiger partial charge in [-0.1, -0.05) is 6.42 Å². The van der Waals surface area contributed by atoms with Gasteiger partial charge in [-0.05, 0) is 72.7 Å². The summed E-state index contributed by atoms with van der Waals surface area (Å²) in [6.45, 7) is 2.09. The third kappa shape index (κ3) is 3.36. The summed E-state index contributed by atoms with van der Waals surface area (Å²) in [4.78, 5) is 12.5. The number of rotatable bonds is 6. The van der Waals surface area contributed by atoms with E-state index < -0.39 is 6.43 Å². The molecule has 0 aromatic carbocycles. The molecule has 3 aliphatic carbocycles. The molecule has 4 rings (SSSR count). The van der Waals surface area contributed by atoms with Crippen molar-refractivity contribution in [3.05, 3.63) is 15.9 Å². The van der Waals surface area contributed by atoms with E-state index in [1.54, 1.807) is 0 Å². The van der Waals surface area contributed by atoms with Crippen molar-refractivity contribution in [1.29, 1.82) is 0 Å². The fourth-order valence-corrected chi connectivity index (χ4v) is 5.71. The minimum atomic E-state index is -2.64. The maximum Gasteiger partial charge on any atom is 0.283 e. The number of aromatic nitrogens is 2. The van der Waals surface area contributed by atoms with Crippen LogP contribution < -0.4 is 5.32 Å².